The summed E-state index contributed by atoms with van der Waals surface area (Å²) < 4.78 is 5.41. The molecule has 4 nitrogen and oxygen atoms in total. The van der Waals surface area contributed by atoms with E-state index in [1.165, 1.54) is 12.8 Å². The first-order valence-electron chi connectivity index (χ1n) is 5.68. The van der Waals surface area contributed by atoms with Crippen molar-refractivity contribution in [2.45, 2.75) is 32.4 Å². The standard InChI is InChI=1S/C12H19N3O/c1-9(2)7-15(3)12-14-11(8-16-12)6-13-10-4-5-10/h8,10,13H,1,4-7H2,2-3H3. The van der Waals surface area contributed by atoms with Gasteiger partial charge in [0.1, 0.15) is 6.26 Å². The maximum absolute atomic E-state index is 5.41. The Kier molecular flexibility index (Phi) is 3.29. The predicted octanol–water partition coefficient (Wildman–Crippen LogP) is 1.94. The van der Waals surface area contributed by atoms with Crippen LogP contribution in [-0.2, 0) is 6.54 Å². The van der Waals surface area contributed by atoms with Crippen molar-refractivity contribution in [3.8, 4) is 0 Å². The molecule has 0 amide bonds. The van der Waals surface area contributed by atoms with Crippen molar-refractivity contribution in [3.63, 3.8) is 0 Å². The van der Waals surface area contributed by atoms with Crippen LogP contribution < -0.4 is 10.2 Å². The molecular weight excluding hydrogens is 202 g/mol. The van der Waals surface area contributed by atoms with Gasteiger partial charge in [-0.2, -0.15) is 4.98 Å². The molecule has 0 aliphatic heterocycles. The van der Waals surface area contributed by atoms with Gasteiger partial charge in [0.25, 0.3) is 6.01 Å². The number of nitrogens with zero attached hydrogens (tertiary/aromatic N) is 2. The smallest absolute Gasteiger partial charge is 0.297 e. The fraction of sp³-hybridized carbons (Fsp3) is 0.583. The van der Waals surface area contributed by atoms with Crippen LogP contribution >= 0.6 is 0 Å². The Balaban J connectivity index is 1.87. The van der Waals surface area contributed by atoms with Gasteiger partial charge in [-0.15, -0.1) is 0 Å². The zero-order valence-corrected chi connectivity index (χ0v) is 9.99. The second kappa shape index (κ2) is 4.70. The van der Waals surface area contributed by atoms with Crippen LogP contribution in [0.5, 0.6) is 0 Å². The van der Waals surface area contributed by atoms with E-state index in [2.05, 4.69) is 16.9 Å². The third-order valence-corrected chi connectivity index (χ3v) is 2.52. The molecule has 1 heterocycles. The van der Waals surface area contributed by atoms with E-state index in [4.69, 9.17) is 4.42 Å². The summed E-state index contributed by atoms with van der Waals surface area (Å²) in [5.74, 6) is 0. The maximum Gasteiger partial charge on any atom is 0.297 e. The minimum atomic E-state index is 0.663. The number of likely N-dealkylation sites (N-methyl/N-ethyl adjacent to an activating group) is 1. The zero-order valence-electron chi connectivity index (χ0n) is 9.99. The van der Waals surface area contributed by atoms with Gasteiger partial charge in [0.2, 0.25) is 0 Å². The average molecular weight is 221 g/mol. The van der Waals surface area contributed by atoms with E-state index in [9.17, 15) is 0 Å². The lowest BCUT2D eigenvalue weighted by Gasteiger charge is -2.13. The van der Waals surface area contributed by atoms with Gasteiger partial charge in [0.05, 0.1) is 5.69 Å². The van der Waals surface area contributed by atoms with Crippen LogP contribution in [0.3, 0.4) is 0 Å². The normalized spacial score (nSPS) is 15.1. The number of hydrogen-bond donors (Lipinski definition) is 1. The van der Waals surface area contributed by atoms with Crippen LogP contribution in [0.25, 0.3) is 0 Å². The molecule has 0 unspecified atom stereocenters. The molecule has 1 aliphatic carbocycles. The maximum atomic E-state index is 5.41. The third kappa shape index (κ3) is 3.10. The highest BCUT2D eigenvalue weighted by Crippen LogP contribution is 2.20. The Bertz CT molecular complexity index is 368. The van der Waals surface area contributed by atoms with Gasteiger partial charge in [-0.05, 0) is 19.8 Å². The second-order valence-electron chi connectivity index (χ2n) is 4.59. The summed E-state index contributed by atoms with van der Waals surface area (Å²) in [5.41, 5.74) is 2.06. The molecule has 1 aromatic heterocycles. The number of hydrogen-bond acceptors (Lipinski definition) is 4. The van der Waals surface area contributed by atoms with Crippen molar-refractivity contribution in [2.24, 2.45) is 0 Å². The van der Waals surface area contributed by atoms with Crippen molar-refractivity contribution in [3.05, 3.63) is 24.1 Å². The Morgan fingerprint density at radius 2 is 2.44 bits per heavy atom. The highest BCUT2D eigenvalue weighted by atomic mass is 16.4. The van der Waals surface area contributed by atoms with E-state index in [0.717, 1.165) is 24.4 Å². The van der Waals surface area contributed by atoms with Gasteiger partial charge in [-0.1, -0.05) is 12.2 Å². The SMILES string of the molecule is C=C(C)CN(C)c1nc(CNC2CC2)co1. The topological polar surface area (TPSA) is 41.3 Å². The summed E-state index contributed by atoms with van der Waals surface area (Å²) in [6.07, 6.45) is 4.31. The molecular formula is C12H19N3O. The quantitative estimate of drug-likeness (QED) is 0.745. The van der Waals surface area contributed by atoms with Crippen LogP contribution in [0.4, 0.5) is 6.01 Å². The van der Waals surface area contributed by atoms with E-state index in [1.54, 1.807) is 6.26 Å². The number of anilines is 1. The fourth-order valence-electron chi connectivity index (χ4n) is 1.56. The highest BCUT2D eigenvalue weighted by molar-refractivity contribution is 5.28. The molecule has 1 saturated carbocycles. The molecule has 1 aliphatic rings. The first-order valence-corrected chi connectivity index (χ1v) is 5.68. The van der Waals surface area contributed by atoms with Gasteiger partial charge in [-0.25, -0.2) is 0 Å². The van der Waals surface area contributed by atoms with Crippen LogP contribution in [-0.4, -0.2) is 24.6 Å². The van der Waals surface area contributed by atoms with Crippen molar-refractivity contribution in [1.82, 2.24) is 10.3 Å². The number of rotatable bonds is 6. The zero-order chi connectivity index (χ0) is 11.5. The monoisotopic (exact) mass is 221 g/mol. The van der Waals surface area contributed by atoms with Crippen molar-refractivity contribution < 1.29 is 4.42 Å². The summed E-state index contributed by atoms with van der Waals surface area (Å²) in [6.45, 7) is 7.44. The van der Waals surface area contributed by atoms with Gasteiger partial charge < -0.3 is 14.6 Å². The lowest BCUT2D eigenvalue weighted by Crippen LogP contribution is -2.20. The Labute approximate surface area is 96.3 Å². The van der Waals surface area contributed by atoms with E-state index in [1.807, 2.05) is 18.9 Å². The lowest BCUT2D eigenvalue weighted by atomic mass is 10.3. The molecule has 1 fully saturated rings. The molecule has 16 heavy (non-hydrogen) atoms. The second-order valence-corrected chi connectivity index (χ2v) is 4.59. The minimum Gasteiger partial charge on any atom is -0.432 e. The number of nitrogens with one attached hydrogen (secondary N) is 1. The molecule has 0 saturated heterocycles. The van der Waals surface area contributed by atoms with Crippen molar-refractivity contribution in [1.29, 1.82) is 0 Å². The minimum absolute atomic E-state index is 0.663. The summed E-state index contributed by atoms with van der Waals surface area (Å²) >= 11 is 0. The molecule has 1 N–H and O–H groups in total. The Morgan fingerprint density at radius 3 is 3.06 bits per heavy atom. The molecule has 0 spiro atoms. The Hall–Kier alpha value is -1.29. The van der Waals surface area contributed by atoms with Crippen molar-refractivity contribution in [2.75, 3.05) is 18.5 Å². The molecule has 88 valence electrons. The third-order valence-electron chi connectivity index (χ3n) is 2.52. The van der Waals surface area contributed by atoms with E-state index < -0.39 is 0 Å². The summed E-state index contributed by atoms with van der Waals surface area (Å²) in [7, 11) is 1.96. The van der Waals surface area contributed by atoms with Crippen LogP contribution in [0, 0.1) is 0 Å². The van der Waals surface area contributed by atoms with Crippen LogP contribution in [0.2, 0.25) is 0 Å². The molecule has 4 heteroatoms. The summed E-state index contributed by atoms with van der Waals surface area (Å²) in [6, 6.07) is 1.36. The molecule has 0 aromatic carbocycles. The summed E-state index contributed by atoms with van der Waals surface area (Å²) in [5, 5.41) is 3.41. The highest BCUT2D eigenvalue weighted by Gasteiger charge is 2.20. The fourth-order valence-corrected chi connectivity index (χ4v) is 1.56. The molecule has 2 rings (SSSR count). The van der Waals surface area contributed by atoms with Gasteiger partial charge in [-0.3, -0.25) is 0 Å². The molecule has 1 aromatic rings. The number of aromatic nitrogens is 1. The predicted molar refractivity (Wildman–Crippen MR) is 64.4 cm³/mol. The molecule has 0 radical (unpaired) electrons. The van der Waals surface area contributed by atoms with Gasteiger partial charge >= 0.3 is 0 Å². The first kappa shape index (κ1) is 11.2. The molecule has 0 bridgehead atoms. The summed E-state index contributed by atoms with van der Waals surface area (Å²) in [4.78, 5) is 6.38. The molecule has 0 atom stereocenters. The van der Waals surface area contributed by atoms with Gasteiger partial charge in [0.15, 0.2) is 0 Å². The van der Waals surface area contributed by atoms with Crippen LogP contribution in [0.15, 0.2) is 22.8 Å². The number of oxazole rings is 1. The lowest BCUT2D eigenvalue weighted by molar-refractivity contribution is 0.547. The van der Waals surface area contributed by atoms with Crippen LogP contribution in [0.1, 0.15) is 25.5 Å². The van der Waals surface area contributed by atoms with Gasteiger partial charge in [0, 0.05) is 26.2 Å². The first-order chi connectivity index (χ1) is 7.65. The van der Waals surface area contributed by atoms with E-state index in [0.29, 0.717) is 12.1 Å². The van der Waals surface area contributed by atoms with E-state index in [-0.39, 0.29) is 0 Å². The average Bonchev–Trinajstić information content (AvgIpc) is 2.92. The van der Waals surface area contributed by atoms with Crippen molar-refractivity contribution >= 4 is 6.01 Å². The largest absolute Gasteiger partial charge is 0.432 e. The Morgan fingerprint density at radius 1 is 1.69 bits per heavy atom. The van der Waals surface area contributed by atoms with E-state index >= 15 is 0 Å².